The first-order chi connectivity index (χ1) is 13.1. The molecule has 5 heteroatoms. The fourth-order valence-corrected chi connectivity index (χ4v) is 2.96. The molecule has 1 N–H and O–H groups in total. The minimum Gasteiger partial charge on any atom is -0.491 e. The van der Waals surface area contributed by atoms with E-state index in [0.29, 0.717) is 24.7 Å². The van der Waals surface area contributed by atoms with Crippen LogP contribution < -0.4 is 4.74 Å². The van der Waals surface area contributed by atoms with Gasteiger partial charge in [0.05, 0.1) is 12.8 Å². The second-order valence-electron chi connectivity index (χ2n) is 6.65. The van der Waals surface area contributed by atoms with Crippen molar-refractivity contribution in [3.8, 4) is 5.75 Å². The fraction of sp³-hybridized carbons (Fsp3) is 0.273. The molecule has 0 amide bonds. The smallest absolute Gasteiger partial charge is 0.119 e. The van der Waals surface area contributed by atoms with Crippen LogP contribution in [0.5, 0.6) is 5.75 Å². The lowest BCUT2D eigenvalue weighted by molar-refractivity contribution is 0.0604. The number of benzene rings is 2. The second kappa shape index (κ2) is 9.60. The van der Waals surface area contributed by atoms with Gasteiger partial charge in [-0.3, -0.25) is 4.90 Å². The molecule has 1 aromatic heterocycles. The topological polar surface area (TPSA) is 45.8 Å². The molecule has 2 aromatic carbocycles. The standard InChI is InChI=1S/C22H24ClNO3/c1-17-4-10-21(11-5-17)27-16-20(25)14-24(15-22-3-2-12-26-22)13-18-6-8-19(23)9-7-18/h2-12,20,25H,13-16H2,1H3. The highest BCUT2D eigenvalue weighted by molar-refractivity contribution is 6.30. The lowest BCUT2D eigenvalue weighted by Gasteiger charge is -2.24. The molecule has 3 rings (SSSR count). The molecule has 0 bridgehead atoms. The molecule has 142 valence electrons. The van der Waals surface area contributed by atoms with Crippen molar-refractivity contribution in [2.45, 2.75) is 26.1 Å². The fourth-order valence-electron chi connectivity index (χ4n) is 2.83. The van der Waals surface area contributed by atoms with Gasteiger partial charge in [0.2, 0.25) is 0 Å². The third-order valence-corrected chi connectivity index (χ3v) is 4.46. The summed E-state index contributed by atoms with van der Waals surface area (Å²) in [6.45, 7) is 4.02. The third-order valence-electron chi connectivity index (χ3n) is 4.21. The van der Waals surface area contributed by atoms with E-state index in [2.05, 4.69) is 4.90 Å². The van der Waals surface area contributed by atoms with Crippen LogP contribution in [-0.2, 0) is 13.1 Å². The zero-order chi connectivity index (χ0) is 19.1. The van der Waals surface area contributed by atoms with E-state index in [1.165, 1.54) is 5.56 Å². The van der Waals surface area contributed by atoms with E-state index in [1.54, 1.807) is 6.26 Å². The first-order valence-electron chi connectivity index (χ1n) is 8.95. The van der Waals surface area contributed by atoms with Crippen molar-refractivity contribution in [2.75, 3.05) is 13.2 Å². The maximum absolute atomic E-state index is 10.5. The lowest BCUT2D eigenvalue weighted by atomic mass is 10.2. The quantitative estimate of drug-likeness (QED) is 0.580. The van der Waals surface area contributed by atoms with Crippen LogP contribution in [0.4, 0.5) is 0 Å². The summed E-state index contributed by atoms with van der Waals surface area (Å²) in [7, 11) is 0. The summed E-state index contributed by atoms with van der Waals surface area (Å²) >= 11 is 5.97. The summed E-state index contributed by atoms with van der Waals surface area (Å²) in [5.41, 5.74) is 2.30. The number of ether oxygens (including phenoxy) is 1. The van der Waals surface area contributed by atoms with Crippen molar-refractivity contribution in [1.29, 1.82) is 0 Å². The van der Waals surface area contributed by atoms with Crippen LogP contribution in [0.1, 0.15) is 16.9 Å². The number of hydrogen-bond donors (Lipinski definition) is 1. The van der Waals surface area contributed by atoms with Crippen molar-refractivity contribution in [3.63, 3.8) is 0 Å². The first-order valence-corrected chi connectivity index (χ1v) is 9.33. The van der Waals surface area contributed by atoms with Crippen molar-refractivity contribution >= 4 is 11.6 Å². The lowest BCUT2D eigenvalue weighted by Crippen LogP contribution is -2.35. The van der Waals surface area contributed by atoms with E-state index in [-0.39, 0.29) is 6.61 Å². The Hall–Kier alpha value is -2.27. The Balaban J connectivity index is 1.59. The van der Waals surface area contributed by atoms with Gasteiger partial charge in [-0.15, -0.1) is 0 Å². The number of hydrogen-bond acceptors (Lipinski definition) is 4. The normalized spacial score (nSPS) is 12.3. The summed E-state index contributed by atoms with van der Waals surface area (Å²) in [5.74, 6) is 1.62. The summed E-state index contributed by atoms with van der Waals surface area (Å²) < 4.78 is 11.2. The van der Waals surface area contributed by atoms with Gasteiger partial charge in [-0.05, 0) is 48.9 Å². The average Bonchev–Trinajstić information content (AvgIpc) is 3.16. The van der Waals surface area contributed by atoms with Gasteiger partial charge in [-0.2, -0.15) is 0 Å². The van der Waals surface area contributed by atoms with Crippen LogP contribution in [-0.4, -0.2) is 29.3 Å². The van der Waals surface area contributed by atoms with E-state index >= 15 is 0 Å². The minimum absolute atomic E-state index is 0.234. The zero-order valence-corrected chi connectivity index (χ0v) is 16.1. The van der Waals surface area contributed by atoms with Gasteiger partial charge in [0.25, 0.3) is 0 Å². The molecular formula is C22H24ClNO3. The van der Waals surface area contributed by atoms with Crippen LogP contribution in [0.25, 0.3) is 0 Å². The molecule has 27 heavy (non-hydrogen) atoms. The molecule has 0 saturated carbocycles. The molecular weight excluding hydrogens is 362 g/mol. The molecule has 0 aliphatic carbocycles. The molecule has 1 unspecified atom stereocenters. The van der Waals surface area contributed by atoms with Crippen LogP contribution in [0.2, 0.25) is 5.02 Å². The molecule has 3 aromatic rings. The molecule has 0 radical (unpaired) electrons. The number of aryl methyl sites for hydroxylation is 1. The Morgan fingerprint density at radius 2 is 1.78 bits per heavy atom. The maximum Gasteiger partial charge on any atom is 0.119 e. The highest BCUT2D eigenvalue weighted by Crippen LogP contribution is 2.15. The molecule has 1 heterocycles. The summed E-state index contributed by atoms with van der Waals surface area (Å²) in [5, 5.41) is 11.2. The van der Waals surface area contributed by atoms with E-state index < -0.39 is 6.10 Å². The second-order valence-corrected chi connectivity index (χ2v) is 7.09. The number of rotatable bonds is 9. The predicted octanol–water partition coefficient (Wildman–Crippen LogP) is 4.68. The summed E-state index contributed by atoms with van der Waals surface area (Å²) in [6, 6.07) is 19.3. The zero-order valence-electron chi connectivity index (χ0n) is 15.3. The Bertz CT molecular complexity index is 801. The highest BCUT2D eigenvalue weighted by atomic mass is 35.5. The Morgan fingerprint density at radius 1 is 1.04 bits per heavy atom. The molecule has 0 spiro atoms. The van der Waals surface area contributed by atoms with Gasteiger partial charge in [-0.25, -0.2) is 0 Å². The molecule has 4 nitrogen and oxygen atoms in total. The van der Waals surface area contributed by atoms with Crippen LogP contribution in [0, 0.1) is 6.92 Å². The number of nitrogens with zero attached hydrogens (tertiary/aromatic N) is 1. The number of aliphatic hydroxyl groups excluding tert-OH is 1. The van der Waals surface area contributed by atoms with Crippen LogP contribution >= 0.6 is 11.6 Å². The van der Waals surface area contributed by atoms with Gasteiger partial charge < -0.3 is 14.3 Å². The maximum atomic E-state index is 10.5. The van der Waals surface area contributed by atoms with Crippen molar-refractivity contribution < 1.29 is 14.3 Å². The summed E-state index contributed by atoms with van der Waals surface area (Å²) in [6.07, 6.45) is 1.04. The molecule has 0 aliphatic heterocycles. The SMILES string of the molecule is Cc1ccc(OCC(O)CN(Cc2ccc(Cl)cc2)Cc2ccco2)cc1. The molecule has 0 saturated heterocycles. The van der Waals surface area contributed by atoms with Crippen LogP contribution in [0.3, 0.4) is 0 Å². The highest BCUT2D eigenvalue weighted by Gasteiger charge is 2.15. The van der Waals surface area contributed by atoms with E-state index in [0.717, 1.165) is 17.1 Å². The predicted molar refractivity (Wildman–Crippen MR) is 107 cm³/mol. The van der Waals surface area contributed by atoms with E-state index in [4.69, 9.17) is 20.8 Å². The van der Waals surface area contributed by atoms with Gasteiger partial charge >= 0.3 is 0 Å². The van der Waals surface area contributed by atoms with Gasteiger partial charge in [-0.1, -0.05) is 41.4 Å². The molecule has 0 aliphatic rings. The Labute approximate surface area is 165 Å². The van der Waals surface area contributed by atoms with E-state index in [1.807, 2.05) is 67.6 Å². The van der Waals surface area contributed by atoms with Gasteiger partial charge in [0, 0.05) is 18.1 Å². The Kier molecular flexibility index (Phi) is 6.93. The van der Waals surface area contributed by atoms with Crippen LogP contribution in [0.15, 0.2) is 71.3 Å². The van der Waals surface area contributed by atoms with Gasteiger partial charge in [0.1, 0.15) is 24.2 Å². The number of halogens is 1. The van der Waals surface area contributed by atoms with Crippen molar-refractivity contribution in [1.82, 2.24) is 4.90 Å². The van der Waals surface area contributed by atoms with Crippen molar-refractivity contribution in [3.05, 3.63) is 88.8 Å². The number of furan rings is 1. The third kappa shape index (κ3) is 6.43. The minimum atomic E-state index is -0.617. The van der Waals surface area contributed by atoms with Gasteiger partial charge in [0.15, 0.2) is 0 Å². The van der Waals surface area contributed by atoms with Crippen molar-refractivity contribution in [2.24, 2.45) is 0 Å². The molecule has 0 fully saturated rings. The van der Waals surface area contributed by atoms with E-state index in [9.17, 15) is 5.11 Å². The largest absolute Gasteiger partial charge is 0.491 e. The average molecular weight is 386 g/mol. The molecule has 1 atom stereocenters. The first kappa shape index (κ1) is 19.5. The monoisotopic (exact) mass is 385 g/mol. The summed E-state index contributed by atoms with van der Waals surface area (Å²) in [4.78, 5) is 2.13. The Morgan fingerprint density at radius 3 is 2.44 bits per heavy atom. The number of aliphatic hydroxyl groups is 1.